The summed E-state index contributed by atoms with van der Waals surface area (Å²) in [4.78, 5) is 25.8. The molecule has 0 heterocycles. The van der Waals surface area contributed by atoms with Crippen LogP contribution < -0.4 is 21.3 Å². The average molecular weight is 439 g/mol. The molecule has 2 rings (SSSR count). The van der Waals surface area contributed by atoms with Crippen molar-refractivity contribution in [2.45, 2.75) is 64.7 Å². The maximum absolute atomic E-state index is 12.9. The molecule has 6 heteroatoms. The zero-order valence-corrected chi connectivity index (χ0v) is 20.2. The summed E-state index contributed by atoms with van der Waals surface area (Å²) in [5.41, 5.74) is 1.15. The number of carbonyl (C=O) groups is 2. The van der Waals surface area contributed by atoms with E-state index in [0.717, 1.165) is 11.1 Å². The molecule has 6 nitrogen and oxygen atoms in total. The van der Waals surface area contributed by atoms with Crippen molar-refractivity contribution in [1.82, 2.24) is 21.3 Å². The first-order valence-electron chi connectivity index (χ1n) is 11.2. The third-order valence-corrected chi connectivity index (χ3v) is 4.61. The van der Waals surface area contributed by atoms with Crippen LogP contribution in [0.5, 0.6) is 0 Å². The lowest BCUT2D eigenvalue weighted by Crippen LogP contribution is -2.49. The van der Waals surface area contributed by atoms with Gasteiger partial charge in [-0.05, 0) is 52.7 Å². The van der Waals surface area contributed by atoms with Gasteiger partial charge >= 0.3 is 0 Å². The lowest BCUT2D eigenvalue weighted by Gasteiger charge is -2.27. The SMILES string of the molecule is CC(C)(C)NC(=O)C(NCCNC(C(=O)NC(C)(C)C)c1ccccc1)c1ccccc1. The van der Waals surface area contributed by atoms with Gasteiger partial charge in [-0.3, -0.25) is 9.59 Å². The molecular formula is C26H38N4O2. The van der Waals surface area contributed by atoms with Crippen LogP contribution >= 0.6 is 0 Å². The Morgan fingerprint density at radius 3 is 1.22 bits per heavy atom. The molecule has 0 aliphatic heterocycles. The minimum absolute atomic E-state index is 0.0752. The Balaban J connectivity index is 2.06. The molecule has 2 amide bonds. The molecule has 0 spiro atoms. The molecule has 0 radical (unpaired) electrons. The van der Waals surface area contributed by atoms with Gasteiger partial charge in [0.1, 0.15) is 12.1 Å². The summed E-state index contributed by atoms with van der Waals surface area (Å²) >= 11 is 0. The molecule has 174 valence electrons. The van der Waals surface area contributed by atoms with Crippen LogP contribution in [0.1, 0.15) is 64.8 Å². The van der Waals surface area contributed by atoms with Gasteiger partial charge in [0.05, 0.1) is 0 Å². The first-order valence-corrected chi connectivity index (χ1v) is 11.2. The smallest absolute Gasteiger partial charge is 0.242 e. The van der Waals surface area contributed by atoms with Gasteiger partial charge in [0, 0.05) is 24.2 Å². The molecule has 0 aromatic heterocycles. The Labute approximate surface area is 192 Å². The highest BCUT2D eigenvalue weighted by Gasteiger charge is 2.26. The van der Waals surface area contributed by atoms with E-state index in [4.69, 9.17) is 0 Å². The third-order valence-electron chi connectivity index (χ3n) is 4.61. The second kappa shape index (κ2) is 11.2. The van der Waals surface area contributed by atoms with E-state index in [1.165, 1.54) is 0 Å². The molecule has 2 aromatic carbocycles. The summed E-state index contributed by atoms with van der Waals surface area (Å²) in [6, 6.07) is 18.4. The lowest BCUT2D eigenvalue weighted by molar-refractivity contribution is -0.125. The van der Waals surface area contributed by atoms with Gasteiger partial charge in [-0.2, -0.15) is 0 Å². The van der Waals surface area contributed by atoms with Gasteiger partial charge in [0.25, 0.3) is 0 Å². The van der Waals surface area contributed by atoms with E-state index < -0.39 is 12.1 Å². The van der Waals surface area contributed by atoms with Gasteiger partial charge in [-0.25, -0.2) is 0 Å². The number of rotatable bonds is 9. The second-order valence-electron chi connectivity index (χ2n) is 10.1. The highest BCUT2D eigenvalue weighted by Crippen LogP contribution is 2.16. The normalized spacial score (nSPS) is 13.8. The van der Waals surface area contributed by atoms with E-state index in [2.05, 4.69) is 21.3 Å². The maximum Gasteiger partial charge on any atom is 0.242 e. The first kappa shape index (κ1) is 25.6. The fourth-order valence-corrected chi connectivity index (χ4v) is 3.33. The molecule has 0 aliphatic rings. The molecule has 0 saturated carbocycles. The topological polar surface area (TPSA) is 82.3 Å². The number of amides is 2. The van der Waals surface area contributed by atoms with Gasteiger partial charge in [0.15, 0.2) is 0 Å². The van der Waals surface area contributed by atoms with Crippen molar-refractivity contribution in [2.75, 3.05) is 13.1 Å². The molecule has 2 atom stereocenters. The van der Waals surface area contributed by atoms with Crippen molar-refractivity contribution in [3.05, 3.63) is 71.8 Å². The van der Waals surface area contributed by atoms with Crippen molar-refractivity contribution in [3.63, 3.8) is 0 Å². The second-order valence-corrected chi connectivity index (χ2v) is 10.1. The number of hydrogen-bond donors (Lipinski definition) is 4. The highest BCUT2D eigenvalue weighted by molar-refractivity contribution is 5.84. The monoisotopic (exact) mass is 438 g/mol. The first-order chi connectivity index (χ1) is 15.0. The van der Waals surface area contributed by atoms with Crippen LogP contribution in [0.25, 0.3) is 0 Å². The number of nitrogens with one attached hydrogen (secondary N) is 4. The Hall–Kier alpha value is -2.70. The minimum atomic E-state index is -0.476. The van der Waals surface area contributed by atoms with E-state index in [-0.39, 0.29) is 22.9 Å². The van der Waals surface area contributed by atoms with Crippen LogP contribution in [0.4, 0.5) is 0 Å². The summed E-state index contributed by atoms with van der Waals surface area (Å²) in [6.45, 7) is 12.8. The molecule has 2 aromatic rings. The Kier molecular flexibility index (Phi) is 8.99. The number of benzene rings is 2. The quantitative estimate of drug-likeness (QED) is 0.452. The Morgan fingerprint density at radius 2 is 0.938 bits per heavy atom. The van der Waals surface area contributed by atoms with Crippen molar-refractivity contribution in [2.24, 2.45) is 0 Å². The van der Waals surface area contributed by atoms with Crippen LogP contribution in [0.3, 0.4) is 0 Å². The van der Waals surface area contributed by atoms with Crippen molar-refractivity contribution in [3.8, 4) is 0 Å². The number of hydrogen-bond acceptors (Lipinski definition) is 4. The fraction of sp³-hybridized carbons (Fsp3) is 0.462. The van der Waals surface area contributed by atoms with Crippen LogP contribution in [-0.2, 0) is 9.59 Å². The van der Waals surface area contributed by atoms with Crippen LogP contribution in [0, 0.1) is 0 Å². The van der Waals surface area contributed by atoms with E-state index in [9.17, 15) is 9.59 Å². The summed E-state index contributed by atoms with van der Waals surface area (Å²) in [6.07, 6.45) is 0. The number of carbonyl (C=O) groups excluding carboxylic acids is 2. The largest absolute Gasteiger partial charge is 0.350 e. The maximum atomic E-state index is 12.9. The van der Waals surface area contributed by atoms with Crippen LogP contribution in [-0.4, -0.2) is 36.0 Å². The van der Waals surface area contributed by atoms with Crippen LogP contribution in [0.2, 0.25) is 0 Å². The van der Waals surface area contributed by atoms with E-state index in [0.29, 0.717) is 13.1 Å². The van der Waals surface area contributed by atoms with E-state index >= 15 is 0 Å². The standard InChI is InChI=1S/C26H38N4O2/c1-25(2,3)29-23(31)21(19-13-9-7-10-14-19)27-17-18-28-22(20-15-11-8-12-16-20)24(32)30-26(4,5)6/h7-16,21-22,27-28H,17-18H2,1-6H3,(H,29,31)(H,30,32). The Morgan fingerprint density at radius 1 is 0.625 bits per heavy atom. The summed E-state index contributed by atoms with van der Waals surface area (Å²) < 4.78 is 0. The van der Waals surface area contributed by atoms with E-state index in [1.807, 2.05) is 102 Å². The highest BCUT2D eigenvalue weighted by atomic mass is 16.2. The molecule has 0 fully saturated rings. The van der Waals surface area contributed by atoms with E-state index in [1.54, 1.807) is 0 Å². The summed E-state index contributed by atoms with van der Waals surface area (Å²) in [5, 5.41) is 12.8. The van der Waals surface area contributed by atoms with Gasteiger partial charge < -0.3 is 21.3 Å². The summed E-state index contributed by atoms with van der Waals surface area (Å²) in [7, 11) is 0. The van der Waals surface area contributed by atoms with Crippen molar-refractivity contribution < 1.29 is 9.59 Å². The zero-order valence-electron chi connectivity index (χ0n) is 20.2. The van der Waals surface area contributed by atoms with Gasteiger partial charge in [-0.1, -0.05) is 60.7 Å². The van der Waals surface area contributed by atoms with Crippen molar-refractivity contribution >= 4 is 11.8 Å². The van der Waals surface area contributed by atoms with Gasteiger partial charge in [-0.15, -0.1) is 0 Å². The molecule has 32 heavy (non-hydrogen) atoms. The Bertz CT molecular complexity index is 781. The molecule has 0 bridgehead atoms. The third kappa shape index (κ3) is 8.81. The predicted molar refractivity (Wildman–Crippen MR) is 130 cm³/mol. The molecule has 2 unspecified atom stereocenters. The van der Waals surface area contributed by atoms with Crippen LogP contribution in [0.15, 0.2) is 60.7 Å². The average Bonchev–Trinajstić information content (AvgIpc) is 2.69. The molecule has 0 aliphatic carbocycles. The minimum Gasteiger partial charge on any atom is -0.350 e. The fourth-order valence-electron chi connectivity index (χ4n) is 3.33. The predicted octanol–water partition coefficient (Wildman–Crippen LogP) is 3.48. The zero-order chi connectivity index (χ0) is 23.8. The van der Waals surface area contributed by atoms with Crippen molar-refractivity contribution in [1.29, 1.82) is 0 Å². The van der Waals surface area contributed by atoms with Gasteiger partial charge in [0.2, 0.25) is 11.8 Å². The lowest BCUT2D eigenvalue weighted by atomic mass is 10.0. The molecule has 4 N–H and O–H groups in total. The summed E-state index contributed by atoms with van der Waals surface area (Å²) in [5.74, 6) is -0.150. The molecular weight excluding hydrogens is 400 g/mol. The molecule has 0 saturated heterocycles.